The lowest BCUT2D eigenvalue weighted by atomic mass is 10.1. The van der Waals surface area contributed by atoms with Crippen molar-refractivity contribution in [1.29, 1.82) is 0 Å². The molecule has 98 valence electrons. The number of rotatable bonds is 2. The Labute approximate surface area is 120 Å². The van der Waals surface area contributed by atoms with Gasteiger partial charge in [0.15, 0.2) is 9.84 Å². The van der Waals surface area contributed by atoms with E-state index in [0.29, 0.717) is 0 Å². The van der Waals surface area contributed by atoms with Crippen molar-refractivity contribution in [2.24, 2.45) is 0 Å². The second-order valence-corrected chi connectivity index (χ2v) is 11.6. The molecule has 2 fully saturated rings. The zero-order chi connectivity index (χ0) is 12.9. The van der Waals surface area contributed by atoms with Gasteiger partial charge in [0, 0.05) is 0 Å². The molecule has 0 spiro atoms. The number of hydrogen-bond acceptors (Lipinski definition) is 4. The number of sulfone groups is 1. The molecule has 2 saturated heterocycles. The Morgan fingerprint density at radius 1 is 1.29 bits per heavy atom. The van der Waals surface area contributed by atoms with Gasteiger partial charge in [-0.1, -0.05) is 15.9 Å². The van der Waals surface area contributed by atoms with Gasteiger partial charge in [0.25, 0.3) is 4.38 Å². The maximum Gasteiger partial charge on any atom is 0.272 e. The Balaban J connectivity index is 2.38. The van der Waals surface area contributed by atoms with E-state index >= 15 is 0 Å². The van der Waals surface area contributed by atoms with Crippen molar-refractivity contribution in [2.45, 2.75) is 29.2 Å². The second-order valence-electron chi connectivity index (χ2n) is 4.63. The average molecular weight is 359 g/mol. The standard InChI is InChI=1S/C10H17BrNO2S3/c1-4-12(5-2)8-15-9(3)6-17(13,14)7-10(9,11)16-8/h4-7H2,1-3H3/q+1/t9-,10-/m1/s1. The molecule has 0 aromatic carbocycles. The van der Waals surface area contributed by atoms with Crippen LogP contribution in [0.5, 0.6) is 0 Å². The molecular formula is C10H17BrNO2S3+. The van der Waals surface area contributed by atoms with Crippen LogP contribution >= 0.6 is 39.5 Å². The van der Waals surface area contributed by atoms with E-state index in [9.17, 15) is 8.42 Å². The third-order valence-corrected chi connectivity index (χ3v) is 11.2. The highest BCUT2D eigenvalue weighted by Crippen LogP contribution is 2.62. The average Bonchev–Trinajstić information content (AvgIpc) is 2.46. The van der Waals surface area contributed by atoms with Crippen LogP contribution in [0.4, 0.5) is 0 Å². The molecule has 0 aliphatic carbocycles. The Bertz CT molecular complexity index is 442. The highest BCUT2D eigenvalue weighted by Gasteiger charge is 2.65. The summed E-state index contributed by atoms with van der Waals surface area (Å²) in [5.74, 6) is 0.507. The van der Waals surface area contributed by atoms with Crippen LogP contribution in [0, 0.1) is 0 Å². The number of fused-ring (bicyclic) bond motifs is 1. The summed E-state index contributed by atoms with van der Waals surface area (Å²) in [5.41, 5.74) is 0. The molecule has 7 heteroatoms. The van der Waals surface area contributed by atoms with Crippen molar-refractivity contribution < 1.29 is 13.0 Å². The third-order valence-electron chi connectivity index (χ3n) is 3.27. The molecule has 3 nitrogen and oxygen atoms in total. The van der Waals surface area contributed by atoms with E-state index in [0.717, 1.165) is 13.1 Å². The Morgan fingerprint density at radius 2 is 1.88 bits per heavy atom. The minimum Gasteiger partial charge on any atom is -0.229 e. The number of halogens is 1. The normalized spacial score (nSPS) is 39.4. The van der Waals surface area contributed by atoms with Crippen molar-refractivity contribution in [3.8, 4) is 0 Å². The smallest absolute Gasteiger partial charge is 0.229 e. The van der Waals surface area contributed by atoms with Crippen LogP contribution in [0.25, 0.3) is 0 Å². The van der Waals surface area contributed by atoms with Crippen LogP contribution in [0.1, 0.15) is 20.8 Å². The molecule has 0 amide bonds. The predicted molar refractivity (Wildman–Crippen MR) is 80.2 cm³/mol. The quantitative estimate of drug-likeness (QED) is 0.559. The molecule has 0 aromatic heterocycles. The molecule has 2 atom stereocenters. The van der Waals surface area contributed by atoms with E-state index in [-0.39, 0.29) is 19.9 Å². The van der Waals surface area contributed by atoms with Crippen LogP contribution in [0.2, 0.25) is 0 Å². The summed E-state index contributed by atoms with van der Waals surface area (Å²) in [4.78, 5) is 0. The van der Waals surface area contributed by atoms with Crippen LogP contribution in [-0.4, -0.2) is 50.4 Å². The summed E-state index contributed by atoms with van der Waals surface area (Å²) < 4.78 is 26.5. The van der Waals surface area contributed by atoms with Gasteiger partial charge < -0.3 is 0 Å². The summed E-state index contributed by atoms with van der Waals surface area (Å²) in [6.07, 6.45) is 0. The van der Waals surface area contributed by atoms with E-state index in [1.807, 2.05) is 0 Å². The van der Waals surface area contributed by atoms with Crippen LogP contribution in [-0.2, 0) is 9.84 Å². The minimum absolute atomic E-state index is 0.235. The predicted octanol–water partition coefficient (Wildman–Crippen LogP) is 2.15. The van der Waals surface area contributed by atoms with Gasteiger partial charge in [0.05, 0.1) is 16.3 Å². The van der Waals surface area contributed by atoms with Crippen molar-refractivity contribution in [1.82, 2.24) is 0 Å². The van der Waals surface area contributed by atoms with Gasteiger partial charge in [0.1, 0.15) is 16.7 Å². The van der Waals surface area contributed by atoms with Gasteiger partial charge >= 0.3 is 0 Å². The van der Waals surface area contributed by atoms with Crippen molar-refractivity contribution in [3.63, 3.8) is 0 Å². The lowest BCUT2D eigenvalue weighted by Gasteiger charge is -2.25. The zero-order valence-electron chi connectivity index (χ0n) is 10.2. The minimum atomic E-state index is -2.91. The second kappa shape index (κ2) is 4.42. The molecule has 2 aliphatic rings. The van der Waals surface area contributed by atoms with Gasteiger partial charge in [-0.25, -0.2) is 13.0 Å². The molecule has 0 N–H and O–H groups in total. The summed E-state index contributed by atoms with van der Waals surface area (Å²) >= 11 is 7.09. The van der Waals surface area contributed by atoms with E-state index in [1.54, 1.807) is 23.5 Å². The van der Waals surface area contributed by atoms with Gasteiger partial charge in [-0.05, 0) is 44.3 Å². The Morgan fingerprint density at radius 3 is 2.35 bits per heavy atom. The monoisotopic (exact) mass is 358 g/mol. The summed E-state index contributed by atoms with van der Waals surface area (Å²) in [5, 5.41) is 0. The molecule has 0 aromatic rings. The van der Waals surface area contributed by atoms with Crippen LogP contribution in [0.15, 0.2) is 0 Å². The van der Waals surface area contributed by atoms with Crippen molar-refractivity contribution in [2.75, 3.05) is 24.6 Å². The molecule has 2 aliphatic heterocycles. The van der Waals surface area contributed by atoms with Crippen LogP contribution < -0.4 is 0 Å². The van der Waals surface area contributed by atoms with Crippen molar-refractivity contribution >= 4 is 53.7 Å². The summed E-state index contributed by atoms with van der Waals surface area (Å²) in [7, 11) is -2.91. The number of nitrogens with zero attached hydrogens (tertiary/aromatic N) is 1. The fourth-order valence-corrected chi connectivity index (χ4v) is 11.8. The van der Waals surface area contributed by atoms with Crippen LogP contribution in [0.3, 0.4) is 0 Å². The maximum atomic E-state index is 11.8. The third kappa shape index (κ3) is 2.32. The van der Waals surface area contributed by atoms with Gasteiger partial charge in [-0.15, -0.1) is 0 Å². The number of alkyl halides is 1. The SMILES string of the molecule is CC[N+](CC)=C1S[C@]2(C)CS(=O)(=O)C[C@@]2(Br)S1. The first-order chi connectivity index (χ1) is 7.75. The van der Waals surface area contributed by atoms with Crippen molar-refractivity contribution in [3.05, 3.63) is 0 Å². The topological polar surface area (TPSA) is 37.1 Å². The summed E-state index contributed by atoms with van der Waals surface area (Å²) in [6.45, 7) is 8.26. The molecular weight excluding hydrogens is 342 g/mol. The van der Waals surface area contributed by atoms with E-state index in [4.69, 9.17) is 0 Å². The highest BCUT2D eigenvalue weighted by molar-refractivity contribution is 9.12. The first-order valence-electron chi connectivity index (χ1n) is 5.64. The first kappa shape index (κ1) is 14.2. The molecule has 0 radical (unpaired) electrons. The lowest BCUT2D eigenvalue weighted by molar-refractivity contribution is -0.515. The molecule has 2 heterocycles. The number of hydrogen-bond donors (Lipinski definition) is 0. The van der Waals surface area contributed by atoms with Gasteiger partial charge in [-0.3, -0.25) is 0 Å². The fourth-order valence-electron chi connectivity index (χ4n) is 2.22. The zero-order valence-corrected chi connectivity index (χ0v) is 14.2. The molecule has 0 unspecified atom stereocenters. The molecule has 2 rings (SSSR count). The highest BCUT2D eigenvalue weighted by atomic mass is 79.9. The lowest BCUT2D eigenvalue weighted by Crippen LogP contribution is -2.36. The summed E-state index contributed by atoms with van der Waals surface area (Å²) in [6, 6.07) is 0. The molecule has 0 saturated carbocycles. The Hall–Kier alpha value is 0.800. The Kier molecular flexibility index (Phi) is 3.70. The largest absolute Gasteiger partial charge is 0.272 e. The molecule has 0 bridgehead atoms. The van der Waals surface area contributed by atoms with E-state index < -0.39 is 9.84 Å². The maximum absolute atomic E-state index is 11.8. The van der Waals surface area contributed by atoms with Gasteiger partial charge in [-0.2, -0.15) is 0 Å². The number of thioether (sulfide) groups is 2. The van der Waals surface area contributed by atoms with E-state index in [1.165, 1.54) is 4.38 Å². The van der Waals surface area contributed by atoms with E-state index in [2.05, 4.69) is 41.3 Å². The fraction of sp³-hybridized carbons (Fsp3) is 0.900. The van der Waals surface area contributed by atoms with Gasteiger partial charge in [0.2, 0.25) is 0 Å². The molecule has 17 heavy (non-hydrogen) atoms. The first-order valence-corrected chi connectivity index (χ1v) is 9.89.